The number of ketones is 1. The van der Waals surface area contributed by atoms with Gasteiger partial charge in [-0.1, -0.05) is 6.07 Å². The Morgan fingerprint density at radius 2 is 2.00 bits per heavy atom. The molecule has 1 aliphatic carbocycles. The minimum atomic E-state index is 0.267. The first-order valence-corrected chi connectivity index (χ1v) is 5.44. The molecule has 2 rings (SSSR count). The Bertz CT molecular complexity index is 419. The average molecular weight is 204 g/mol. The van der Waals surface area contributed by atoms with Gasteiger partial charge in [-0.3, -0.25) is 4.79 Å². The van der Waals surface area contributed by atoms with E-state index in [1.165, 1.54) is 0 Å². The molecule has 1 aromatic carbocycles. The molecule has 0 saturated heterocycles. The number of carbonyl (C=O) groups is 1. The first-order valence-electron chi connectivity index (χ1n) is 5.44. The quantitative estimate of drug-likeness (QED) is 0.740. The normalized spacial score (nSPS) is 14.2. The monoisotopic (exact) mass is 204 g/mol. The van der Waals surface area contributed by atoms with Crippen molar-refractivity contribution in [1.82, 2.24) is 0 Å². The van der Waals surface area contributed by atoms with E-state index in [0.717, 1.165) is 34.4 Å². The fourth-order valence-corrected chi connectivity index (χ4v) is 2.39. The number of aryl methyl sites for hydroxylation is 2. The summed E-state index contributed by atoms with van der Waals surface area (Å²) in [6, 6.07) is 2.05. The first-order chi connectivity index (χ1) is 7.15. The molecule has 0 aromatic heterocycles. The van der Waals surface area contributed by atoms with Gasteiger partial charge in [0.1, 0.15) is 5.75 Å². The highest BCUT2D eigenvalue weighted by atomic mass is 16.5. The summed E-state index contributed by atoms with van der Waals surface area (Å²) in [6.45, 7) is 6.68. The minimum Gasteiger partial charge on any atom is -0.493 e. The molecule has 1 aromatic rings. The maximum Gasteiger partial charge on any atom is 0.163 e. The molecule has 0 amide bonds. The summed E-state index contributed by atoms with van der Waals surface area (Å²) in [6.07, 6.45) is 1.48. The molecule has 0 saturated carbocycles. The lowest BCUT2D eigenvalue weighted by Gasteiger charge is -2.13. The van der Waals surface area contributed by atoms with E-state index in [4.69, 9.17) is 4.74 Å². The zero-order valence-corrected chi connectivity index (χ0v) is 9.52. The molecule has 0 atom stereocenters. The molecule has 2 nitrogen and oxygen atoms in total. The Balaban J connectivity index is 2.62. The van der Waals surface area contributed by atoms with Crippen LogP contribution in [-0.2, 0) is 6.42 Å². The van der Waals surface area contributed by atoms with E-state index in [-0.39, 0.29) is 5.78 Å². The van der Waals surface area contributed by atoms with Crippen LogP contribution in [0.2, 0.25) is 0 Å². The zero-order valence-electron chi connectivity index (χ0n) is 9.52. The van der Waals surface area contributed by atoms with Gasteiger partial charge in [-0.2, -0.15) is 0 Å². The van der Waals surface area contributed by atoms with Gasteiger partial charge in [-0.25, -0.2) is 0 Å². The first kappa shape index (κ1) is 10.2. The van der Waals surface area contributed by atoms with Gasteiger partial charge in [0.05, 0.1) is 6.61 Å². The van der Waals surface area contributed by atoms with Crippen molar-refractivity contribution in [2.24, 2.45) is 0 Å². The highest BCUT2D eigenvalue weighted by Gasteiger charge is 2.26. The van der Waals surface area contributed by atoms with Crippen LogP contribution in [0.3, 0.4) is 0 Å². The largest absolute Gasteiger partial charge is 0.493 e. The van der Waals surface area contributed by atoms with Crippen LogP contribution in [0.1, 0.15) is 40.4 Å². The predicted molar refractivity (Wildman–Crippen MR) is 59.7 cm³/mol. The molecule has 0 unspecified atom stereocenters. The third kappa shape index (κ3) is 1.54. The smallest absolute Gasteiger partial charge is 0.163 e. The Morgan fingerprint density at radius 3 is 2.67 bits per heavy atom. The van der Waals surface area contributed by atoms with E-state index in [1.807, 2.05) is 26.8 Å². The molecule has 15 heavy (non-hydrogen) atoms. The molecule has 0 spiro atoms. The van der Waals surface area contributed by atoms with Crippen LogP contribution in [0, 0.1) is 13.8 Å². The summed E-state index contributed by atoms with van der Waals surface area (Å²) in [5.41, 5.74) is 4.26. The van der Waals surface area contributed by atoms with Crippen molar-refractivity contribution in [3.8, 4) is 5.75 Å². The fourth-order valence-electron chi connectivity index (χ4n) is 2.39. The van der Waals surface area contributed by atoms with Gasteiger partial charge >= 0.3 is 0 Å². The van der Waals surface area contributed by atoms with Crippen LogP contribution in [-0.4, -0.2) is 12.4 Å². The van der Waals surface area contributed by atoms with Crippen LogP contribution in [0.25, 0.3) is 0 Å². The third-order valence-corrected chi connectivity index (χ3v) is 2.93. The molecule has 0 aliphatic heterocycles. The van der Waals surface area contributed by atoms with Gasteiger partial charge < -0.3 is 4.74 Å². The van der Waals surface area contributed by atoms with Gasteiger partial charge in [-0.15, -0.1) is 0 Å². The zero-order chi connectivity index (χ0) is 11.0. The van der Waals surface area contributed by atoms with E-state index in [1.54, 1.807) is 0 Å². The number of carbonyl (C=O) groups excluding carboxylic acids is 1. The van der Waals surface area contributed by atoms with Crippen LogP contribution in [0.4, 0.5) is 0 Å². The fraction of sp³-hybridized carbons (Fsp3) is 0.462. The molecule has 80 valence electrons. The van der Waals surface area contributed by atoms with Crippen LogP contribution < -0.4 is 4.74 Å². The number of benzene rings is 1. The van der Waals surface area contributed by atoms with Crippen LogP contribution in [0.5, 0.6) is 5.75 Å². The number of fused-ring (bicyclic) bond motifs is 1. The highest BCUT2D eigenvalue weighted by molar-refractivity contribution is 6.02. The SMILES string of the molecule is CCOc1c(C)cc(C)c2c1CCC2=O. The van der Waals surface area contributed by atoms with E-state index in [2.05, 4.69) is 0 Å². The number of hydrogen-bond acceptors (Lipinski definition) is 2. The van der Waals surface area contributed by atoms with Crippen LogP contribution >= 0.6 is 0 Å². The standard InChI is InChI=1S/C13H16O2/c1-4-15-13-9(3)7-8(2)12-10(13)5-6-11(12)14/h7H,4-6H2,1-3H3. The summed E-state index contributed by atoms with van der Waals surface area (Å²) in [7, 11) is 0. The topological polar surface area (TPSA) is 26.3 Å². The molecule has 2 heteroatoms. The second-order valence-corrected chi connectivity index (χ2v) is 4.05. The second-order valence-electron chi connectivity index (χ2n) is 4.05. The predicted octanol–water partition coefficient (Wildman–Crippen LogP) is 2.83. The number of rotatable bonds is 2. The molecule has 0 fully saturated rings. The van der Waals surface area contributed by atoms with E-state index in [9.17, 15) is 4.79 Å². The Kier molecular flexibility index (Phi) is 2.51. The van der Waals surface area contributed by atoms with Crippen molar-refractivity contribution in [1.29, 1.82) is 0 Å². The molecule has 0 radical (unpaired) electrons. The van der Waals surface area contributed by atoms with E-state index < -0.39 is 0 Å². The van der Waals surface area contributed by atoms with Crippen molar-refractivity contribution < 1.29 is 9.53 Å². The second kappa shape index (κ2) is 3.69. The Hall–Kier alpha value is -1.31. The summed E-state index contributed by atoms with van der Waals surface area (Å²) < 4.78 is 5.63. The van der Waals surface area contributed by atoms with Gasteiger partial charge in [0, 0.05) is 17.5 Å². The Labute approximate surface area is 90.3 Å². The molecular formula is C13H16O2. The lowest BCUT2D eigenvalue weighted by molar-refractivity contribution is 0.0994. The maximum atomic E-state index is 11.7. The van der Waals surface area contributed by atoms with E-state index in [0.29, 0.717) is 13.0 Å². The van der Waals surface area contributed by atoms with E-state index >= 15 is 0 Å². The number of ether oxygens (including phenoxy) is 1. The van der Waals surface area contributed by atoms with Gasteiger partial charge in [-0.05, 0) is 38.3 Å². The molecular weight excluding hydrogens is 188 g/mol. The average Bonchev–Trinajstić information content (AvgIpc) is 2.55. The summed E-state index contributed by atoms with van der Waals surface area (Å²) in [4.78, 5) is 11.7. The lowest BCUT2D eigenvalue weighted by Crippen LogP contribution is -2.02. The number of hydrogen-bond donors (Lipinski definition) is 0. The lowest BCUT2D eigenvalue weighted by atomic mass is 9.99. The van der Waals surface area contributed by atoms with Gasteiger partial charge in [0.2, 0.25) is 0 Å². The van der Waals surface area contributed by atoms with Crippen LogP contribution in [0.15, 0.2) is 6.07 Å². The minimum absolute atomic E-state index is 0.267. The highest BCUT2D eigenvalue weighted by Crippen LogP contribution is 2.35. The maximum absolute atomic E-state index is 11.7. The molecule has 1 aliphatic rings. The van der Waals surface area contributed by atoms with Crippen molar-refractivity contribution in [2.75, 3.05) is 6.61 Å². The van der Waals surface area contributed by atoms with Crippen molar-refractivity contribution in [3.63, 3.8) is 0 Å². The summed E-state index contributed by atoms with van der Waals surface area (Å²) in [5.74, 6) is 1.20. The summed E-state index contributed by atoms with van der Waals surface area (Å²) >= 11 is 0. The molecule has 0 bridgehead atoms. The van der Waals surface area contributed by atoms with Gasteiger partial charge in [0.15, 0.2) is 5.78 Å². The summed E-state index contributed by atoms with van der Waals surface area (Å²) in [5, 5.41) is 0. The van der Waals surface area contributed by atoms with Crippen molar-refractivity contribution in [3.05, 3.63) is 28.3 Å². The van der Waals surface area contributed by atoms with Gasteiger partial charge in [0.25, 0.3) is 0 Å². The van der Waals surface area contributed by atoms with Crippen molar-refractivity contribution >= 4 is 5.78 Å². The number of Topliss-reactive ketones (excluding diaryl/α,β-unsaturated/α-hetero) is 1. The van der Waals surface area contributed by atoms with Crippen molar-refractivity contribution in [2.45, 2.75) is 33.6 Å². The molecule has 0 N–H and O–H groups in total. The Morgan fingerprint density at radius 1 is 1.27 bits per heavy atom. The third-order valence-electron chi connectivity index (χ3n) is 2.93. The molecule has 0 heterocycles.